The van der Waals surface area contributed by atoms with Gasteiger partial charge in [-0.15, -0.1) is 0 Å². The Hall–Kier alpha value is -1.94. The molecule has 0 bridgehead atoms. The molecule has 87 heavy (non-hydrogen) atoms. The van der Waals surface area contributed by atoms with Crippen molar-refractivity contribution in [2.75, 3.05) is 39.6 Å². The summed E-state index contributed by atoms with van der Waals surface area (Å²) in [6, 6.07) is 0. The maximum Gasteiger partial charge on any atom is 0.472 e. The molecule has 3 N–H and O–H groups in total. The molecule has 0 amide bonds. The molecule has 0 rings (SSSR count). The molecule has 0 aliphatic heterocycles. The highest BCUT2D eigenvalue weighted by atomic mass is 31.2. The molecular formula is C68H132O17P2. The summed E-state index contributed by atoms with van der Waals surface area (Å²) in [6.07, 6.45) is 46.9. The molecular weight excluding hydrogens is 1150 g/mol. The lowest BCUT2D eigenvalue weighted by Crippen LogP contribution is -2.30. The fraction of sp³-hybridized carbons (Fsp3) is 0.941. The van der Waals surface area contributed by atoms with Crippen LogP contribution in [0.4, 0.5) is 0 Å². The van der Waals surface area contributed by atoms with Gasteiger partial charge in [-0.3, -0.25) is 37.3 Å². The number of aliphatic hydroxyl groups is 1. The van der Waals surface area contributed by atoms with E-state index in [0.29, 0.717) is 25.7 Å². The van der Waals surface area contributed by atoms with Crippen molar-refractivity contribution >= 4 is 39.5 Å². The molecule has 0 fully saturated rings. The van der Waals surface area contributed by atoms with E-state index in [1.807, 2.05) is 0 Å². The summed E-state index contributed by atoms with van der Waals surface area (Å²) >= 11 is 0. The second-order valence-corrected chi connectivity index (χ2v) is 27.7. The van der Waals surface area contributed by atoms with Gasteiger partial charge in [-0.2, -0.15) is 0 Å². The van der Waals surface area contributed by atoms with Crippen molar-refractivity contribution in [1.82, 2.24) is 0 Å². The number of unbranched alkanes of at least 4 members (excludes halogenated alkanes) is 39. The standard InChI is InChI=1S/C68H132O17P2/c1-6-10-13-16-19-22-25-31-36-41-46-51-65(70)78-57-63(84-67(72)53-48-43-38-33-27-24-21-18-15-12-8-3)59-82-86(74,75)80-55-62(69)56-81-87(76,77)83-60-64(58-79-66(71)52-47-42-37-32-26-23-20-17-14-11-7-2)85-68(73)54-49-44-39-34-29-28-30-35-40-45-50-61(5)9-4/h61-64,69H,6-60H2,1-5H3,(H,74,75)(H,76,77)/t61?,62-,63+,64+/m0/s1. The average molecular weight is 1280 g/mol. The van der Waals surface area contributed by atoms with Gasteiger partial charge in [-0.05, 0) is 31.6 Å². The van der Waals surface area contributed by atoms with Crippen LogP contribution in [-0.2, 0) is 65.4 Å². The first-order valence-electron chi connectivity index (χ1n) is 35.7. The van der Waals surface area contributed by atoms with E-state index in [1.165, 1.54) is 173 Å². The van der Waals surface area contributed by atoms with Crippen molar-refractivity contribution in [2.24, 2.45) is 5.92 Å². The van der Waals surface area contributed by atoms with E-state index in [1.54, 1.807) is 0 Å². The van der Waals surface area contributed by atoms with Crippen LogP contribution in [0.3, 0.4) is 0 Å². The fourth-order valence-electron chi connectivity index (χ4n) is 10.3. The predicted octanol–water partition coefficient (Wildman–Crippen LogP) is 19.4. The Kier molecular flexibility index (Phi) is 60.2. The van der Waals surface area contributed by atoms with Crippen LogP contribution in [0.5, 0.6) is 0 Å². The Balaban J connectivity index is 5.25. The molecule has 6 atom stereocenters. The van der Waals surface area contributed by atoms with Crippen molar-refractivity contribution in [3.63, 3.8) is 0 Å². The molecule has 0 aromatic heterocycles. The largest absolute Gasteiger partial charge is 0.472 e. The lowest BCUT2D eigenvalue weighted by molar-refractivity contribution is -0.161. The third-order valence-electron chi connectivity index (χ3n) is 16.1. The van der Waals surface area contributed by atoms with Crippen LogP contribution in [0.15, 0.2) is 0 Å². The highest BCUT2D eigenvalue weighted by Crippen LogP contribution is 2.45. The van der Waals surface area contributed by atoms with E-state index < -0.39 is 97.5 Å². The molecule has 0 aromatic carbocycles. The van der Waals surface area contributed by atoms with Gasteiger partial charge in [0.15, 0.2) is 12.2 Å². The zero-order valence-corrected chi connectivity index (χ0v) is 57.9. The van der Waals surface area contributed by atoms with Gasteiger partial charge in [0.25, 0.3) is 0 Å². The van der Waals surface area contributed by atoms with E-state index in [0.717, 1.165) is 95.8 Å². The zero-order valence-electron chi connectivity index (χ0n) is 56.2. The molecule has 0 aliphatic carbocycles. The molecule has 0 aliphatic rings. The molecule has 19 heteroatoms. The maximum absolute atomic E-state index is 13.0. The number of hydrogen-bond acceptors (Lipinski definition) is 15. The SMILES string of the molecule is CCCCCCCCCCCCCC(=O)OC[C@H](COP(=O)(O)OC[C@H](O)COP(=O)(O)OC[C@@H](COC(=O)CCCCCCCCCCCCC)OC(=O)CCCCCCCCCCCCC(C)CC)OC(=O)CCCCCCCCCCCCC. The number of hydrogen-bond donors (Lipinski definition) is 3. The molecule has 0 spiro atoms. The number of esters is 4. The number of aliphatic hydroxyl groups excluding tert-OH is 1. The minimum absolute atomic E-state index is 0.107. The average Bonchev–Trinajstić information content (AvgIpc) is 3.67. The van der Waals surface area contributed by atoms with E-state index in [2.05, 4.69) is 34.6 Å². The molecule has 3 unspecified atom stereocenters. The van der Waals surface area contributed by atoms with Gasteiger partial charge in [0, 0.05) is 25.7 Å². The van der Waals surface area contributed by atoms with Gasteiger partial charge >= 0.3 is 39.5 Å². The van der Waals surface area contributed by atoms with Gasteiger partial charge in [-0.25, -0.2) is 9.13 Å². The third-order valence-corrected chi connectivity index (χ3v) is 18.0. The van der Waals surface area contributed by atoms with Crippen LogP contribution in [0.1, 0.15) is 349 Å². The van der Waals surface area contributed by atoms with Gasteiger partial charge in [0.1, 0.15) is 19.3 Å². The van der Waals surface area contributed by atoms with Crippen LogP contribution in [0.2, 0.25) is 0 Å². The van der Waals surface area contributed by atoms with Crippen LogP contribution in [0, 0.1) is 5.92 Å². The molecule has 0 radical (unpaired) electrons. The van der Waals surface area contributed by atoms with Crippen LogP contribution in [-0.4, -0.2) is 96.7 Å². The third kappa shape index (κ3) is 61.3. The van der Waals surface area contributed by atoms with Crippen molar-refractivity contribution in [3.8, 4) is 0 Å². The summed E-state index contributed by atoms with van der Waals surface area (Å²) in [7, 11) is -9.89. The molecule has 0 heterocycles. The maximum atomic E-state index is 13.0. The summed E-state index contributed by atoms with van der Waals surface area (Å²) < 4.78 is 68.2. The molecule has 516 valence electrons. The van der Waals surface area contributed by atoms with Crippen molar-refractivity contribution in [1.29, 1.82) is 0 Å². The van der Waals surface area contributed by atoms with Crippen molar-refractivity contribution in [3.05, 3.63) is 0 Å². The number of rotatable bonds is 68. The topological polar surface area (TPSA) is 237 Å². The van der Waals surface area contributed by atoms with Gasteiger partial charge < -0.3 is 33.8 Å². The van der Waals surface area contributed by atoms with Crippen LogP contribution < -0.4 is 0 Å². The second kappa shape index (κ2) is 61.6. The van der Waals surface area contributed by atoms with E-state index in [9.17, 15) is 43.2 Å². The summed E-state index contributed by atoms with van der Waals surface area (Å²) in [5, 5.41) is 10.6. The van der Waals surface area contributed by atoms with Gasteiger partial charge in [0.2, 0.25) is 0 Å². The van der Waals surface area contributed by atoms with Gasteiger partial charge in [-0.1, -0.05) is 298 Å². The fourth-order valence-corrected chi connectivity index (χ4v) is 11.8. The van der Waals surface area contributed by atoms with Crippen LogP contribution in [0.25, 0.3) is 0 Å². The van der Waals surface area contributed by atoms with Gasteiger partial charge in [0.05, 0.1) is 26.4 Å². The number of ether oxygens (including phenoxy) is 4. The van der Waals surface area contributed by atoms with E-state index >= 15 is 0 Å². The lowest BCUT2D eigenvalue weighted by atomic mass is 9.99. The quantitative estimate of drug-likeness (QED) is 0.0222. The Morgan fingerprint density at radius 2 is 0.552 bits per heavy atom. The lowest BCUT2D eigenvalue weighted by Gasteiger charge is -2.21. The Bertz CT molecular complexity index is 1690. The minimum Gasteiger partial charge on any atom is -0.462 e. The smallest absolute Gasteiger partial charge is 0.462 e. The first-order chi connectivity index (χ1) is 42.1. The Labute approximate surface area is 530 Å². The molecule has 0 aromatic rings. The van der Waals surface area contributed by atoms with E-state index in [-0.39, 0.29) is 25.7 Å². The Morgan fingerprint density at radius 3 is 0.816 bits per heavy atom. The summed E-state index contributed by atoms with van der Waals surface area (Å²) in [6.45, 7) is 7.25. The number of carbonyl (C=O) groups excluding carboxylic acids is 4. The highest BCUT2D eigenvalue weighted by Gasteiger charge is 2.30. The molecule has 0 saturated carbocycles. The Morgan fingerprint density at radius 1 is 0.322 bits per heavy atom. The zero-order chi connectivity index (χ0) is 64.2. The molecule has 0 saturated heterocycles. The second-order valence-electron chi connectivity index (χ2n) is 24.8. The van der Waals surface area contributed by atoms with E-state index in [4.69, 9.17) is 37.0 Å². The summed E-state index contributed by atoms with van der Waals surface area (Å²) in [5.41, 5.74) is 0. The molecule has 17 nitrogen and oxygen atoms in total. The highest BCUT2D eigenvalue weighted by molar-refractivity contribution is 7.47. The van der Waals surface area contributed by atoms with Crippen molar-refractivity contribution < 1.29 is 80.2 Å². The first kappa shape index (κ1) is 85.1. The number of phosphoric ester groups is 2. The number of phosphoric acid groups is 2. The number of carbonyl (C=O) groups is 4. The predicted molar refractivity (Wildman–Crippen MR) is 349 cm³/mol. The first-order valence-corrected chi connectivity index (χ1v) is 38.7. The summed E-state index contributed by atoms with van der Waals surface area (Å²) in [5.74, 6) is -1.32. The monoisotopic (exact) mass is 1280 g/mol. The van der Waals surface area contributed by atoms with Crippen molar-refractivity contribution in [2.45, 2.75) is 368 Å². The normalized spacial score (nSPS) is 14.4. The van der Waals surface area contributed by atoms with Crippen LogP contribution >= 0.6 is 15.6 Å². The summed E-state index contributed by atoms with van der Waals surface area (Å²) in [4.78, 5) is 72.4. The minimum atomic E-state index is -4.95.